The minimum atomic E-state index is -3.66. The molecule has 0 fully saturated rings. The predicted octanol–water partition coefficient (Wildman–Crippen LogP) is 2.76. The molecule has 1 aliphatic heterocycles. The SMILES string of the molecule is CS(=O)(=O)N(CC(=O)NCCCSCc1ccc(F)cc1)c1ccc2c(c1)OCO2. The molecule has 1 N–H and O–H groups in total. The lowest BCUT2D eigenvalue weighted by Gasteiger charge is -2.22. The summed E-state index contributed by atoms with van der Waals surface area (Å²) in [5.41, 5.74) is 1.38. The van der Waals surface area contributed by atoms with E-state index in [0.29, 0.717) is 23.7 Å². The first-order valence-corrected chi connectivity index (χ1v) is 12.3. The number of amides is 1. The monoisotopic (exact) mass is 454 g/mol. The number of anilines is 1. The molecule has 30 heavy (non-hydrogen) atoms. The third kappa shape index (κ3) is 6.27. The van der Waals surface area contributed by atoms with Gasteiger partial charge < -0.3 is 14.8 Å². The van der Waals surface area contributed by atoms with Gasteiger partial charge in [-0.05, 0) is 42.0 Å². The molecule has 1 aliphatic rings. The van der Waals surface area contributed by atoms with Gasteiger partial charge in [0, 0.05) is 18.4 Å². The van der Waals surface area contributed by atoms with Crippen molar-refractivity contribution < 1.29 is 27.1 Å². The lowest BCUT2D eigenvalue weighted by atomic mass is 10.2. The van der Waals surface area contributed by atoms with Gasteiger partial charge in [-0.25, -0.2) is 12.8 Å². The van der Waals surface area contributed by atoms with E-state index in [9.17, 15) is 17.6 Å². The normalized spacial score (nSPS) is 12.6. The number of benzene rings is 2. The number of hydrogen-bond donors (Lipinski definition) is 1. The Labute approximate surface area is 179 Å². The molecule has 0 atom stereocenters. The van der Waals surface area contributed by atoms with Crippen molar-refractivity contribution in [3.63, 3.8) is 0 Å². The number of sulfonamides is 1. The van der Waals surface area contributed by atoms with Gasteiger partial charge in [-0.15, -0.1) is 0 Å². The van der Waals surface area contributed by atoms with Crippen LogP contribution in [0, 0.1) is 5.82 Å². The van der Waals surface area contributed by atoms with Crippen LogP contribution in [0.5, 0.6) is 11.5 Å². The average molecular weight is 455 g/mol. The number of carbonyl (C=O) groups is 1. The minimum absolute atomic E-state index is 0.0807. The van der Waals surface area contributed by atoms with Gasteiger partial charge in [0.1, 0.15) is 12.4 Å². The molecule has 0 aromatic heterocycles. The van der Waals surface area contributed by atoms with Gasteiger partial charge in [0.2, 0.25) is 22.7 Å². The molecule has 0 aliphatic carbocycles. The van der Waals surface area contributed by atoms with Crippen molar-refractivity contribution in [3.8, 4) is 11.5 Å². The van der Waals surface area contributed by atoms with Crippen LogP contribution >= 0.6 is 11.8 Å². The van der Waals surface area contributed by atoms with Gasteiger partial charge in [-0.3, -0.25) is 9.10 Å². The second-order valence-corrected chi connectivity index (χ2v) is 9.70. The van der Waals surface area contributed by atoms with Crippen molar-refractivity contribution in [2.24, 2.45) is 0 Å². The smallest absolute Gasteiger partial charge is 0.240 e. The van der Waals surface area contributed by atoms with Crippen molar-refractivity contribution in [2.45, 2.75) is 12.2 Å². The van der Waals surface area contributed by atoms with Crippen LogP contribution in [0.2, 0.25) is 0 Å². The average Bonchev–Trinajstić information content (AvgIpc) is 3.17. The van der Waals surface area contributed by atoms with Crippen LogP contribution in [0.3, 0.4) is 0 Å². The summed E-state index contributed by atoms with van der Waals surface area (Å²) >= 11 is 1.68. The largest absolute Gasteiger partial charge is 0.454 e. The molecule has 2 aromatic rings. The van der Waals surface area contributed by atoms with Crippen LogP contribution in [-0.2, 0) is 20.6 Å². The predicted molar refractivity (Wildman–Crippen MR) is 115 cm³/mol. The maximum atomic E-state index is 12.9. The fourth-order valence-corrected chi connectivity index (χ4v) is 4.57. The highest BCUT2D eigenvalue weighted by Gasteiger charge is 2.23. The molecular weight excluding hydrogens is 431 g/mol. The van der Waals surface area contributed by atoms with Crippen molar-refractivity contribution in [3.05, 3.63) is 53.8 Å². The van der Waals surface area contributed by atoms with E-state index in [1.165, 1.54) is 12.1 Å². The molecule has 1 heterocycles. The van der Waals surface area contributed by atoms with Gasteiger partial charge in [0.15, 0.2) is 11.5 Å². The maximum absolute atomic E-state index is 12.9. The number of nitrogens with zero attached hydrogens (tertiary/aromatic N) is 1. The van der Waals surface area contributed by atoms with E-state index in [4.69, 9.17) is 9.47 Å². The van der Waals surface area contributed by atoms with Crippen LogP contribution in [0.4, 0.5) is 10.1 Å². The van der Waals surface area contributed by atoms with Crippen LogP contribution in [0.1, 0.15) is 12.0 Å². The molecular formula is C20H23FN2O5S2. The summed E-state index contributed by atoms with van der Waals surface area (Å²) < 4.78 is 48.8. The number of carbonyl (C=O) groups excluding carboxylic acids is 1. The van der Waals surface area contributed by atoms with Crippen LogP contribution in [-0.4, -0.2) is 46.2 Å². The molecule has 10 heteroatoms. The summed E-state index contributed by atoms with van der Waals surface area (Å²) in [4.78, 5) is 12.3. The van der Waals surface area contributed by atoms with E-state index in [-0.39, 0.29) is 25.1 Å². The molecule has 0 spiro atoms. The fourth-order valence-electron chi connectivity index (χ4n) is 2.80. The third-order valence-electron chi connectivity index (χ3n) is 4.30. The Morgan fingerprint density at radius 2 is 1.90 bits per heavy atom. The Morgan fingerprint density at radius 1 is 1.17 bits per heavy atom. The molecule has 0 bridgehead atoms. The van der Waals surface area contributed by atoms with E-state index >= 15 is 0 Å². The summed E-state index contributed by atoms with van der Waals surface area (Å²) in [6, 6.07) is 11.1. The first-order chi connectivity index (χ1) is 14.3. The first kappa shape index (κ1) is 22.2. The molecule has 3 rings (SSSR count). The summed E-state index contributed by atoms with van der Waals surface area (Å²) in [7, 11) is -3.66. The van der Waals surface area contributed by atoms with Gasteiger partial charge in [0.25, 0.3) is 0 Å². The van der Waals surface area contributed by atoms with Crippen molar-refractivity contribution >= 4 is 33.4 Å². The highest BCUT2D eigenvalue weighted by molar-refractivity contribution is 7.98. The molecule has 0 saturated heterocycles. The summed E-state index contributed by atoms with van der Waals surface area (Å²) in [6.07, 6.45) is 1.79. The van der Waals surface area contributed by atoms with Gasteiger partial charge in [0.05, 0.1) is 11.9 Å². The molecule has 0 unspecified atom stereocenters. The first-order valence-electron chi connectivity index (χ1n) is 9.29. The second-order valence-electron chi connectivity index (χ2n) is 6.69. The standard InChI is InChI=1S/C20H23FN2O5S2/c1-30(25,26)23(17-7-8-18-19(11-17)28-14-27-18)12-20(24)22-9-2-10-29-13-15-3-5-16(21)6-4-15/h3-8,11H,2,9-10,12-14H2,1H3,(H,22,24). The van der Waals surface area contributed by atoms with E-state index in [1.54, 1.807) is 42.1 Å². The van der Waals surface area contributed by atoms with Crippen LogP contribution in [0.25, 0.3) is 0 Å². The molecule has 0 radical (unpaired) electrons. The number of hydrogen-bond acceptors (Lipinski definition) is 6. The van der Waals surface area contributed by atoms with Gasteiger partial charge in [-0.2, -0.15) is 11.8 Å². The highest BCUT2D eigenvalue weighted by atomic mass is 32.2. The van der Waals surface area contributed by atoms with E-state index in [1.807, 2.05) is 0 Å². The van der Waals surface area contributed by atoms with Gasteiger partial charge in [-0.1, -0.05) is 12.1 Å². The Balaban J connectivity index is 1.44. The summed E-state index contributed by atoms with van der Waals surface area (Å²) in [6.45, 7) is 0.201. The van der Waals surface area contributed by atoms with Crippen molar-refractivity contribution in [2.75, 3.05) is 36.2 Å². The second kappa shape index (κ2) is 10.0. The zero-order valence-electron chi connectivity index (χ0n) is 16.5. The fraction of sp³-hybridized carbons (Fsp3) is 0.350. The quantitative estimate of drug-likeness (QED) is 0.556. The lowest BCUT2D eigenvalue weighted by molar-refractivity contribution is -0.119. The van der Waals surface area contributed by atoms with E-state index < -0.39 is 10.0 Å². The number of rotatable bonds is 10. The summed E-state index contributed by atoms with van der Waals surface area (Å²) in [5.74, 6) is 1.92. The van der Waals surface area contributed by atoms with Gasteiger partial charge >= 0.3 is 0 Å². The molecule has 7 nitrogen and oxygen atoms in total. The van der Waals surface area contributed by atoms with Crippen LogP contribution < -0.4 is 19.1 Å². The van der Waals surface area contributed by atoms with E-state index in [0.717, 1.165) is 34.1 Å². The highest BCUT2D eigenvalue weighted by Crippen LogP contribution is 2.36. The topological polar surface area (TPSA) is 84.9 Å². The van der Waals surface area contributed by atoms with Crippen molar-refractivity contribution in [1.82, 2.24) is 5.32 Å². The Bertz CT molecular complexity index is 983. The van der Waals surface area contributed by atoms with E-state index in [2.05, 4.69) is 5.32 Å². The molecule has 1 amide bonds. The summed E-state index contributed by atoms with van der Waals surface area (Å²) in [5, 5.41) is 2.75. The Morgan fingerprint density at radius 3 is 2.63 bits per heavy atom. The maximum Gasteiger partial charge on any atom is 0.240 e. The number of thioether (sulfide) groups is 1. The van der Waals surface area contributed by atoms with Crippen LogP contribution in [0.15, 0.2) is 42.5 Å². The number of fused-ring (bicyclic) bond motifs is 1. The number of ether oxygens (including phenoxy) is 2. The molecule has 162 valence electrons. The van der Waals surface area contributed by atoms with Crippen molar-refractivity contribution in [1.29, 1.82) is 0 Å². The lowest BCUT2D eigenvalue weighted by Crippen LogP contribution is -2.40. The number of halogens is 1. The number of nitrogens with one attached hydrogen (secondary N) is 1. The zero-order valence-corrected chi connectivity index (χ0v) is 18.1. The molecule has 0 saturated carbocycles. The minimum Gasteiger partial charge on any atom is -0.454 e. The Hall–Kier alpha value is -2.46. The zero-order chi connectivity index (χ0) is 21.6. The molecule has 2 aromatic carbocycles. The third-order valence-corrected chi connectivity index (χ3v) is 6.56. The Kier molecular flexibility index (Phi) is 7.43.